The third-order valence-electron chi connectivity index (χ3n) is 13.2. The smallest absolute Gasteiger partial charge is 0.333 e. The molecular formula is C99H165N3O27. The van der Waals surface area contributed by atoms with Crippen LogP contribution in [0.5, 0.6) is 0 Å². The molecule has 0 saturated heterocycles. The molecule has 1 aliphatic rings. The molecule has 738 valence electrons. The van der Waals surface area contributed by atoms with Crippen LogP contribution in [0.3, 0.4) is 0 Å². The minimum absolute atomic E-state index is 0.0194. The third kappa shape index (κ3) is 145. The van der Waals surface area contributed by atoms with Crippen LogP contribution in [0.15, 0.2) is 211 Å². The van der Waals surface area contributed by atoms with Crippen LogP contribution in [0, 0.1) is 0 Å². The maximum atomic E-state index is 11.1. The lowest BCUT2D eigenvalue weighted by Crippen LogP contribution is -2.21. The van der Waals surface area contributed by atoms with E-state index in [9.17, 15) is 62.3 Å². The minimum Gasteiger partial charge on any atom is -0.466 e. The monoisotopic (exact) mass is 1830 g/mol. The van der Waals surface area contributed by atoms with Crippen molar-refractivity contribution in [2.45, 2.75) is 212 Å². The van der Waals surface area contributed by atoms with Gasteiger partial charge in [0, 0.05) is 84.5 Å². The molecule has 0 spiro atoms. The predicted molar refractivity (Wildman–Crippen MR) is 517 cm³/mol. The first-order valence-corrected chi connectivity index (χ1v) is 42.2. The van der Waals surface area contributed by atoms with E-state index in [-0.39, 0.29) is 98.6 Å². The molecule has 0 unspecified atom stereocenters. The maximum Gasteiger partial charge on any atom is 0.333 e. The number of unbranched alkanes of at least 4 members (excludes halogenated alkanes) is 8. The molecule has 0 aliphatic heterocycles. The molecule has 5 N–H and O–H groups in total. The lowest BCUT2D eigenvalue weighted by atomic mass is 9.98. The summed E-state index contributed by atoms with van der Waals surface area (Å²) in [6.07, 6.45) is 30.1. The summed E-state index contributed by atoms with van der Waals surface area (Å²) in [6, 6.07) is 10.0. The number of aliphatic hydroxyl groups excluding tert-OH is 2. The van der Waals surface area contributed by atoms with E-state index in [4.69, 9.17) is 33.9 Å². The highest BCUT2D eigenvalue weighted by atomic mass is 16.6. The number of carbonyl (C=O) groups excluding carboxylic acids is 13. The van der Waals surface area contributed by atoms with Crippen LogP contribution >= 0.6 is 0 Å². The Kier molecular flexibility index (Phi) is 136. The number of aliphatic hydroxyl groups is 2. The molecule has 30 heteroatoms. The van der Waals surface area contributed by atoms with E-state index < -0.39 is 17.9 Å². The fraction of sp³-hybridized carbons (Fsp3) is 0.505. The minimum atomic E-state index is -0.455. The van der Waals surface area contributed by atoms with Crippen molar-refractivity contribution in [2.24, 2.45) is 0 Å². The van der Waals surface area contributed by atoms with E-state index in [2.05, 4.69) is 169 Å². The number of rotatable bonds is 43. The highest BCUT2D eigenvalue weighted by Gasteiger charge is 2.18. The Labute approximate surface area is 774 Å². The number of carbonyl (C=O) groups is 13. The molecule has 0 aromatic heterocycles. The highest BCUT2D eigenvalue weighted by Crippen LogP contribution is 2.21. The van der Waals surface area contributed by atoms with Crippen LogP contribution in [0.25, 0.3) is 6.08 Å². The molecule has 0 radical (unpaired) electrons. The zero-order valence-corrected chi connectivity index (χ0v) is 81.7. The van der Waals surface area contributed by atoms with Gasteiger partial charge in [-0.05, 0) is 144 Å². The summed E-state index contributed by atoms with van der Waals surface area (Å²) in [5.41, 5.74) is 4.16. The van der Waals surface area contributed by atoms with E-state index in [0.717, 1.165) is 76.8 Å². The molecule has 1 fully saturated rings. The normalized spacial score (nSPS) is 9.40. The van der Waals surface area contributed by atoms with E-state index in [1.54, 1.807) is 75.6 Å². The van der Waals surface area contributed by atoms with Crippen molar-refractivity contribution in [3.63, 3.8) is 0 Å². The Morgan fingerprint density at radius 3 is 1.02 bits per heavy atom. The number of allylic oxidation sites excluding steroid dienone is 1. The lowest BCUT2D eigenvalue weighted by molar-refractivity contribution is -0.146. The summed E-state index contributed by atoms with van der Waals surface area (Å²) in [7, 11) is 5.75. The first kappa shape index (κ1) is 146. The number of hydrogen-bond acceptors (Lipinski definition) is 27. The van der Waals surface area contributed by atoms with Crippen molar-refractivity contribution in [1.29, 1.82) is 0 Å². The Morgan fingerprint density at radius 1 is 0.380 bits per heavy atom. The van der Waals surface area contributed by atoms with Gasteiger partial charge in [-0.25, -0.2) is 47.9 Å². The molecule has 3 amide bonds. The van der Waals surface area contributed by atoms with Gasteiger partial charge in [-0.2, -0.15) is 0 Å². The summed E-state index contributed by atoms with van der Waals surface area (Å²) >= 11 is 0. The molecule has 1 aromatic rings. The first-order chi connectivity index (χ1) is 61.0. The van der Waals surface area contributed by atoms with E-state index >= 15 is 0 Å². The van der Waals surface area contributed by atoms with E-state index in [0.29, 0.717) is 91.8 Å². The SMILES string of the molecule is C=C(C)C(=O)OC.C=C(C)C(=O)OC1CCCCC1.C=C(C)C(=O)OCC.C=C(C)C(=O)OCCCC.C=C(C)C(=O)OCCO.C=C(C)C(=O)OCCOC.C=C(C)C(=O)OCCOCCO.C=CC.C=CC(=O)NC.C=CC(=O)NCC.C=CC(=O)NCCCC.C=CC(=O)OC.C=CC(=O)OCCCC.C=CC(=O)OCCCCCCCC.C=Cc1ccccc1. The van der Waals surface area contributed by atoms with Crippen molar-refractivity contribution in [3.05, 3.63) is 216 Å². The highest BCUT2D eigenvalue weighted by molar-refractivity contribution is 5.90. The van der Waals surface area contributed by atoms with Gasteiger partial charge < -0.3 is 83.0 Å². The molecule has 1 aliphatic carbocycles. The summed E-state index contributed by atoms with van der Waals surface area (Å²) in [5, 5.41) is 24.1. The average molecular weight is 1830 g/mol. The summed E-state index contributed by atoms with van der Waals surface area (Å²) in [4.78, 5) is 136. The number of amides is 3. The largest absolute Gasteiger partial charge is 0.466 e. The fourth-order valence-electron chi connectivity index (χ4n) is 6.35. The Balaban J connectivity index is -0.000000102. The lowest BCUT2D eigenvalue weighted by Gasteiger charge is -2.21. The van der Waals surface area contributed by atoms with Gasteiger partial charge in [0.05, 0.1) is 73.7 Å². The van der Waals surface area contributed by atoms with Crippen molar-refractivity contribution >= 4 is 83.5 Å². The average Bonchev–Trinajstić information content (AvgIpc) is 0.926. The Bertz CT molecular complexity index is 3170. The molecule has 1 aromatic carbocycles. The van der Waals surface area contributed by atoms with Crippen LogP contribution in [0.2, 0.25) is 0 Å². The third-order valence-corrected chi connectivity index (χ3v) is 13.2. The Morgan fingerprint density at radius 2 is 0.736 bits per heavy atom. The van der Waals surface area contributed by atoms with Gasteiger partial charge >= 0.3 is 59.7 Å². The van der Waals surface area contributed by atoms with E-state index in [1.165, 1.54) is 95.1 Å². The Hall–Kier alpha value is -11.7. The summed E-state index contributed by atoms with van der Waals surface area (Å²) in [6.45, 7) is 80.5. The van der Waals surface area contributed by atoms with Crippen molar-refractivity contribution in [1.82, 2.24) is 16.0 Å². The predicted octanol–water partition coefficient (Wildman–Crippen LogP) is 16.9. The number of benzene rings is 1. The van der Waals surface area contributed by atoms with Crippen LogP contribution in [-0.2, 0) is 119 Å². The summed E-state index contributed by atoms with van der Waals surface area (Å²) in [5.74, 6) is -3.78. The molecule has 2 rings (SSSR count). The first-order valence-electron chi connectivity index (χ1n) is 42.2. The molecule has 30 nitrogen and oxygen atoms in total. The van der Waals surface area contributed by atoms with E-state index in [1.807, 2.05) is 57.2 Å². The van der Waals surface area contributed by atoms with Crippen LogP contribution in [-0.4, -0.2) is 214 Å². The molecule has 0 heterocycles. The number of methoxy groups -OCH3 is 3. The summed E-state index contributed by atoms with van der Waals surface area (Å²) < 4.78 is 55.9. The van der Waals surface area contributed by atoms with Gasteiger partial charge in [-0.3, -0.25) is 14.4 Å². The van der Waals surface area contributed by atoms with Crippen molar-refractivity contribution in [3.8, 4) is 0 Å². The van der Waals surface area contributed by atoms with Crippen molar-refractivity contribution in [2.75, 3.05) is 121 Å². The number of esters is 10. The quantitative estimate of drug-likeness (QED) is 0.0133. The number of ether oxygens (including phenoxy) is 12. The molecule has 0 atom stereocenters. The number of hydrogen-bond donors (Lipinski definition) is 5. The van der Waals surface area contributed by atoms with Gasteiger partial charge in [-0.1, -0.05) is 220 Å². The van der Waals surface area contributed by atoms with Gasteiger partial charge in [0.1, 0.15) is 25.9 Å². The van der Waals surface area contributed by atoms with Crippen LogP contribution < -0.4 is 16.0 Å². The second kappa shape index (κ2) is 120. The molecule has 0 bridgehead atoms. The van der Waals surface area contributed by atoms with Gasteiger partial charge in [0.25, 0.3) is 0 Å². The maximum absolute atomic E-state index is 11.1. The zero-order chi connectivity index (χ0) is 102. The second-order valence-corrected chi connectivity index (χ2v) is 25.7. The van der Waals surface area contributed by atoms with Gasteiger partial charge in [0.2, 0.25) is 17.7 Å². The van der Waals surface area contributed by atoms with Gasteiger partial charge in [0.15, 0.2) is 0 Å². The standard InChI is InChI=1S/C11H20O2.C10H16O2.C8H14O4.C8H14O2.C8H8.C7H13NO.C7H12O3.C7H12O2.C6H10O3.C6H10O2.C5H9NO.C5H8O2.C4H7NO.C4H6O2.C3H6/c1-3-5-6-7-8-9-10-13-11(12)4-2;1-8(2)10(11)12-9-6-4-3-5-7-9;1-7(2)8(10)12-6-5-11-4-3-9;1-4-5-6-10-8(9)7(2)3;1-2-8-6-4-3-5-7-8;1-3-5-6-8-7(9)4-2;1-6(2)7(8)10-5-4-9-3;1-3-5-6-9-7(8)4-2;1-5(2)6(8)9-4-3-7;1-4-8-6(7)5(2)3;1-3-5(7)6-4-2;1-4(2)5(6)7-3;1-3-4(6)5-2;1-3-4(5)6-2;1-3-2/h4H,2-3,5-10H2,1H3;9H,1,3-7H2,2H3;9H,1,3-6H2,2H3;2,4-6H2,1,3H3;2-7H,1H2;4H,2-3,5-6H2,1H3,(H,8,9);1,4-5H2,2-3H3;4H,2-3,5-6H2,1H3;7H,1,3-4H2,2H3;2,4H2,1,3H3;3H,1,4H2,2H3,(H,6,7);1H2,2-3H3;3H,1H2,2H3,(H,5,6);3H,1H2,2H3;3H,1H2,2H3. The fourth-order valence-corrected chi connectivity index (χ4v) is 6.35. The second-order valence-electron chi connectivity index (χ2n) is 25.7. The molecular weight excluding hydrogens is 1660 g/mol. The molecule has 1 saturated carbocycles. The van der Waals surface area contributed by atoms with Crippen molar-refractivity contribution < 1.29 is 129 Å². The van der Waals surface area contributed by atoms with Crippen LogP contribution in [0.1, 0.15) is 212 Å². The number of nitrogens with one attached hydrogen (secondary N) is 3. The molecule has 129 heavy (non-hydrogen) atoms. The van der Waals surface area contributed by atoms with Gasteiger partial charge in [-0.15, -0.1) is 6.58 Å². The topological polar surface area (TPSA) is 409 Å². The zero-order valence-electron chi connectivity index (χ0n) is 81.7. The number of likely N-dealkylation sites (N-methyl/N-ethyl adjacent to an activating group) is 2. The van der Waals surface area contributed by atoms with Crippen LogP contribution in [0.4, 0.5) is 0 Å².